The number of nitrogens with one attached hydrogen (secondary N) is 2. The number of hydrogen-bond donors (Lipinski definition) is 3. The summed E-state index contributed by atoms with van der Waals surface area (Å²) in [6.45, 7) is 1.75. The number of hydrogen-bond acceptors (Lipinski definition) is 2. The maximum atomic E-state index is 13.1. The Morgan fingerprint density at radius 2 is 2.10 bits per heavy atom. The van der Waals surface area contributed by atoms with Crippen LogP contribution < -0.4 is 10.6 Å². The van der Waals surface area contributed by atoms with Crippen molar-refractivity contribution < 1.29 is 19.1 Å². The first-order valence-corrected chi connectivity index (χ1v) is 6.20. The third-order valence-electron chi connectivity index (χ3n) is 3.17. The second kappa shape index (κ2) is 5.73. The fourth-order valence-corrected chi connectivity index (χ4v) is 2.04. The number of carbonyl (C=O) groups is 2. The summed E-state index contributed by atoms with van der Waals surface area (Å²) in [5.74, 6) is -1.92. The molecule has 0 fully saturated rings. The van der Waals surface area contributed by atoms with Crippen LogP contribution in [0, 0.1) is 18.7 Å². The van der Waals surface area contributed by atoms with E-state index in [1.807, 2.05) is 0 Å². The SMILES string of the molecule is Cc1ccc(F)cc1NC(=O)NC1C=CC(C(=O)O)C1. The van der Waals surface area contributed by atoms with Gasteiger partial charge in [-0.1, -0.05) is 18.2 Å². The zero-order valence-electron chi connectivity index (χ0n) is 10.9. The predicted molar refractivity (Wildman–Crippen MR) is 72.0 cm³/mol. The lowest BCUT2D eigenvalue weighted by Crippen LogP contribution is -2.36. The molecule has 0 heterocycles. The van der Waals surface area contributed by atoms with Crippen LogP contribution in [0.1, 0.15) is 12.0 Å². The second-order valence-electron chi connectivity index (χ2n) is 4.73. The molecule has 106 valence electrons. The molecule has 0 spiro atoms. The van der Waals surface area contributed by atoms with Gasteiger partial charge in [-0.3, -0.25) is 4.79 Å². The minimum Gasteiger partial charge on any atom is -0.481 e. The molecule has 2 amide bonds. The Labute approximate surface area is 115 Å². The van der Waals surface area contributed by atoms with Crippen molar-refractivity contribution >= 4 is 17.7 Å². The monoisotopic (exact) mass is 278 g/mol. The summed E-state index contributed by atoms with van der Waals surface area (Å²) >= 11 is 0. The summed E-state index contributed by atoms with van der Waals surface area (Å²) in [7, 11) is 0. The van der Waals surface area contributed by atoms with E-state index in [4.69, 9.17) is 5.11 Å². The fraction of sp³-hybridized carbons (Fsp3) is 0.286. The van der Waals surface area contributed by atoms with Crippen molar-refractivity contribution in [1.29, 1.82) is 0 Å². The van der Waals surface area contributed by atoms with Gasteiger partial charge in [0.05, 0.1) is 12.0 Å². The van der Waals surface area contributed by atoms with E-state index in [2.05, 4.69) is 10.6 Å². The molecule has 0 saturated heterocycles. The summed E-state index contributed by atoms with van der Waals surface area (Å²) in [6, 6.07) is 3.31. The van der Waals surface area contributed by atoms with E-state index in [1.165, 1.54) is 12.1 Å². The van der Waals surface area contributed by atoms with Crippen LogP contribution in [0.3, 0.4) is 0 Å². The summed E-state index contributed by atoms with van der Waals surface area (Å²) in [5, 5.41) is 14.0. The third kappa shape index (κ3) is 3.34. The first-order chi connectivity index (χ1) is 9.45. The van der Waals surface area contributed by atoms with Crippen molar-refractivity contribution in [2.45, 2.75) is 19.4 Å². The fourth-order valence-electron chi connectivity index (χ4n) is 2.04. The average Bonchev–Trinajstić information content (AvgIpc) is 2.82. The van der Waals surface area contributed by atoms with Gasteiger partial charge in [0, 0.05) is 5.69 Å². The molecule has 3 N–H and O–H groups in total. The van der Waals surface area contributed by atoms with Gasteiger partial charge in [-0.2, -0.15) is 0 Å². The van der Waals surface area contributed by atoms with E-state index in [1.54, 1.807) is 25.1 Å². The van der Waals surface area contributed by atoms with E-state index in [0.29, 0.717) is 12.1 Å². The lowest BCUT2D eigenvalue weighted by molar-refractivity contribution is -0.140. The van der Waals surface area contributed by atoms with Crippen LogP contribution in [0.4, 0.5) is 14.9 Å². The Hall–Kier alpha value is -2.37. The molecule has 2 unspecified atom stereocenters. The van der Waals surface area contributed by atoms with Gasteiger partial charge in [0.1, 0.15) is 5.82 Å². The van der Waals surface area contributed by atoms with Crippen molar-refractivity contribution in [2.24, 2.45) is 5.92 Å². The lowest BCUT2D eigenvalue weighted by Gasteiger charge is -2.14. The van der Waals surface area contributed by atoms with Crippen molar-refractivity contribution in [3.63, 3.8) is 0 Å². The van der Waals surface area contributed by atoms with E-state index in [-0.39, 0.29) is 6.04 Å². The maximum absolute atomic E-state index is 13.1. The van der Waals surface area contributed by atoms with E-state index >= 15 is 0 Å². The average molecular weight is 278 g/mol. The number of halogens is 1. The maximum Gasteiger partial charge on any atom is 0.319 e. The van der Waals surface area contributed by atoms with Crippen LogP contribution in [0.2, 0.25) is 0 Å². The van der Waals surface area contributed by atoms with Crippen molar-refractivity contribution in [3.8, 4) is 0 Å². The molecule has 1 aromatic rings. The first kappa shape index (κ1) is 14.0. The number of carbonyl (C=O) groups excluding carboxylic acids is 1. The van der Waals surface area contributed by atoms with E-state index in [9.17, 15) is 14.0 Å². The predicted octanol–water partition coefficient (Wildman–Crippen LogP) is 2.28. The highest BCUT2D eigenvalue weighted by Gasteiger charge is 2.25. The zero-order valence-corrected chi connectivity index (χ0v) is 10.9. The molecule has 2 rings (SSSR count). The van der Waals surface area contributed by atoms with Crippen molar-refractivity contribution in [1.82, 2.24) is 5.32 Å². The molecule has 1 aliphatic carbocycles. The largest absolute Gasteiger partial charge is 0.481 e. The standard InChI is InChI=1S/C14H15FN2O3/c1-8-2-4-10(15)7-12(8)17-14(20)16-11-5-3-9(6-11)13(18)19/h2-5,7,9,11H,6H2,1H3,(H,18,19)(H2,16,17,20). The quantitative estimate of drug-likeness (QED) is 0.742. The molecule has 0 saturated carbocycles. The minimum absolute atomic E-state index is 0.324. The molecule has 0 aliphatic heterocycles. The van der Waals surface area contributed by atoms with Crippen LogP contribution >= 0.6 is 0 Å². The number of anilines is 1. The molecular formula is C14H15FN2O3. The molecule has 0 aromatic heterocycles. The smallest absolute Gasteiger partial charge is 0.319 e. The number of benzene rings is 1. The highest BCUT2D eigenvalue weighted by atomic mass is 19.1. The molecule has 1 aromatic carbocycles. The molecule has 20 heavy (non-hydrogen) atoms. The molecular weight excluding hydrogens is 263 g/mol. The summed E-state index contributed by atoms with van der Waals surface area (Å²) in [5.41, 5.74) is 1.13. The van der Waals surface area contributed by atoms with E-state index in [0.717, 1.165) is 5.56 Å². The number of carboxylic acids is 1. The van der Waals surface area contributed by atoms with Crippen LogP contribution in [0.15, 0.2) is 30.4 Å². The van der Waals surface area contributed by atoms with Gasteiger partial charge in [-0.25, -0.2) is 9.18 Å². The Bertz CT molecular complexity index is 572. The first-order valence-electron chi connectivity index (χ1n) is 6.20. The van der Waals surface area contributed by atoms with Gasteiger partial charge < -0.3 is 15.7 Å². The Morgan fingerprint density at radius 1 is 1.35 bits per heavy atom. The van der Waals surface area contributed by atoms with Gasteiger partial charge in [-0.15, -0.1) is 0 Å². The topological polar surface area (TPSA) is 78.4 Å². The second-order valence-corrected chi connectivity index (χ2v) is 4.73. The third-order valence-corrected chi connectivity index (χ3v) is 3.17. The molecule has 6 heteroatoms. The van der Waals surface area contributed by atoms with Gasteiger partial charge in [0.2, 0.25) is 0 Å². The Kier molecular flexibility index (Phi) is 4.02. The Morgan fingerprint density at radius 3 is 2.75 bits per heavy atom. The van der Waals surface area contributed by atoms with Gasteiger partial charge >= 0.3 is 12.0 Å². The van der Waals surface area contributed by atoms with Gasteiger partial charge in [0.25, 0.3) is 0 Å². The number of aliphatic carboxylic acids is 1. The van der Waals surface area contributed by atoms with E-state index < -0.39 is 23.7 Å². The molecule has 2 atom stereocenters. The summed E-state index contributed by atoms with van der Waals surface area (Å²) < 4.78 is 13.1. The van der Waals surface area contributed by atoms with Gasteiger partial charge in [0.15, 0.2) is 0 Å². The number of urea groups is 1. The minimum atomic E-state index is -0.910. The molecule has 0 radical (unpaired) electrons. The van der Waals surface area contributed by atoms with Crippen molar-refractivity contribution in [2.75, 3.05) is 5.32 Å². The Balaban J connectivity index is 1.92. The van der Waals surface area contributed by atoms with Crippen LogP contribution in [0.5, 0.6) is 0 Å². The van der Waals surface area contributed by atoms with Gasteiger partial charge in [-0.05, 0) is 31.0 Å². The number of carboxylic acid groups (broad SMARTS) is 1. The highest BCUT2D eigenvalue weighted by molar-refractivity contribution is 5.90. The van der Waals surface area contributed by atoms with Crippen LogP contribution in [-0.2, 0) is 4.79 Å². The molecule has 1 aliphatic rings. The number of amides is 2. The summed E-state index contributed by atoms with van der Waals surface area (Å²) in [4.78, 5) is 22.6. The highest BCUT2D eigenvalue weighted by Crippen LogP contribution is 2.19. The number of rotatable bonds is 3. The number of aryl methyl sites for hydroxylation is 1. The molecule has 5 nitrogen and oxygen atoms in total. The summed E-state index contributed by atoms with van der Waals surface area (Å²) in [6.07, 6.45) is 3.53. The lowest BCUT2D eigenvalue weighted by atomic mass is 10.1. The van der Waals surface area contributed by atoms with Crippen LogP contribution in [-0.4, -0.2) is 23.1 Å². The zero-order chi connectivity index (χ0) is 14.7. The van der Waals surface area contributed by atoms with Crippen molar-refractivity contribution in [3.05, 3.63) is 41.7 Å². The molecule has 0 bridgehead atoms. The van der Waals surface area contributed by atoms with Crippen LogP contribution in [0.25, 0.3) is 0 Å². The normalized spacial score (nSPS) is 20.7.